The van der Waals surface area contributed by atoms with Crippen molar-refractivity contribution in [3.05, 3.63) is 133 Å². The molecule has 0 bridgehead atoms. The van der Waals surface area contributed by atoms with E-state index in [1.165, 1.54) is 16.8 Å². The van der Waals surface area contributed by atoms with Gasteiger partial charge in [-0.2, -0.15) is 0 Å². The third-order valence-electron chi connectivity index (χ3n) is 4.76. The Kier molecular flexibility index (Phi) is 12.9. The molecule has 1 aromatic heterocycles. The minimum Gasteiger partial charge on any atom is -0.817 e. The number of aromatic nitrogens is 1. The molecule has 0 spiro atoms. The van der Waals surface area contributed by atoms with Gasteiger partial charge in [-0.3, -0.25) is 0 Å². The zero-order valence-electron chi connectivity index (χ0n) is 19.0. The first-order valence-corrected chi connectivity index (χ1v) is 10.3. The first kappa shape index (κ1) is 27.6. The largest absolute Gasteiger partial charge is 0.817 e. The van der Waals surface area contributed by atoms with Crippen molar-refractivity contribution in [1.29, 1.82) is 0 Å². The minimum atomic E-state index is 0. The number of benzene rings is 3. The Hall–Kier alpha value is -3.42. The maximum Gasteiger partial charge on any atom is 0.0381 e. The van der Waals surface area contributed by atoms with E-state index < -0.39 is 0 Å². The molecule has 3 nitrogen and oxygen atoms in total. The van der Waals surface area contributed by atoms with Gasteiger partial charge in [0.25, 0.3) is 0 Å². The van der Waals surface area contributed by atoms with E-state index in [1.54, 1.807) is 0 Å². The molecular weight excluding hydrogens is 585 g/mol. The summed E-state index contributed by atoms with van der Waals surface area (Å²) in [5.41, 5.74) is 6.55. The fourth-order valence-electron chi connectivity index (χ4n) is 2.95. The Bertz CT molecular complexity index is 1010. The van der Waals surface area contributed by atoms with Crippen molar-refractivity contribution in [3.63, 3.8) is 0 Å². The summed E-state index contributed by atoms with van der Waals surface area (Å²) < 4.78 is 0. The van der Waals surface area contributed by atoms with E-state index in [9.17, 15) is 0 Å². The smallest absolute Gasteiger partial charge is 0.0381 e. The number of pyridine rings is 1. The Morgan fingerprint density at radius 2 is 1.48 bits per heavy atom. The van der Waals surface area contributed by atoms with Gasteiger partial charge in [0.05, 0.1) is 0 Å². The van der Waals surface area contributed by atoms with Crippen molar-refractivity contribution >= 4 is 12.4 Å². The molecule has 172 valence electrons. The molecular formula is C29H28N3Pt-3. The van der Waals surface area contributed by atoms with Crippen LogP contribution < -0.4 is 4.90 Å². The van der Waals surface area contributed by atoms with Crippen LogP contribution >= 0.6 is 0 Å². The molecule has 0 fully saturated rings. The Balaban J connectivity index is 0.000000320. The molecule has 0 amide bonds. The number of anilines is 1. The van der Waals surface area contributed by atoms with Gasteiger partial charge in [-0.15, -0.1) is 48.5 Å². The van der Waals surface area contributed by atoms with Gasteiger partial charge in [0.1, 0.15) is 0 Å². The topological polar surface area (TPSA) is 38.4 Å². The Morgan fingerprint density at radius 1 is 0.879 bits per heavy atom. The second-order valence-corrected chi connectivity index (χ2v) is 6.75. The number of hydrogen-bond acceptors (Lipinski definition) is 2. The summed E-state index contributed by atoms with van der Waals surface area (Å²) in [6.45, 7) is 8.16. The summed E-state index contributed by atoms with van der Waals surface area (Å²) >= 11 is 0. The van der Waals surface area contributed by atoms with Crippen molar-refractivity contribution in [2.45, 2.75) is 6.92 Å². The number of para-hydroxylation sites is 1. The average molecular weight is 614 g/mol. The molecule has 0 aliphatic rings. The van der Waals surface area contributed by atoms with Gasteiger partial charge in [-0.25, -0.2) is 19.7 Å². The van der Waals surface area contributed by atoms with E-state index in [1.807, 2.05) is 93.3 Å². The molecule has 0 radical (unpaired) electrons. The third kappa shape index (κ3) is 8.55. The summed E-state index contributed by atoms with van der Waals surface area (Å²) in [6.07, 6.45) is 3.84. The second kappa shape index (κ2) is 15.4. The van der Waals surface area contributed by atoms with Crippen molar-refractivity contribution in [2.75, 3.05) is 11.9 Å². The molecule has 4 aromatic rings. The molecule has 0 N–H and O–H groups in total. The van der Waals surface area contributed by atoms with E-state index in [4.69, 9.17) is 5.41 Å². The Labute approximate surface area is 212 Å². The van der Waals surface area contributed by atoms with Gasteiger partial charge >= 0.3 is 0 Å². The maximum absolute atomic E-state index is 6.75. The van der Waals surface area contributed by atoms with Crippen LogP contribution in [0, 0.1) is 12.5 Å². The molecule has 3 aromatic carbocycles. The minimum absolute atomic E-state index is 0. The summed E-state index contributed by atoms with van der Waals surface area (Å²) in [5, 5.41) is 6.75. The average Bonchev–Trinajstić information content (AvgIpc) is 2.91. The molecule has 1 heterocycles. The Morgan fingerprint density at radius 3 is 2.06 bits per heavy atom. The normalized spacial score (nSPS) is 9.03. The molecule has 0 atom stereocenters. The maximum atomic E-state index is 6.75. The van der Waals surface area contributed by atoms with Crippen LogP contribution in [-0.4, -0.2) is 18.7 Å². The summed E-state index contributed by atoms with van der Waals surface area (Å²) in [6, 6.07) is 35.7. The van der Waals surface area contributed by atoms with Crippen LogP contribution in [0.3, 0.4) is 0 Å². The number of hydrogen-bond donors (Lipinski definition) is 0. The molecule has 0 saturated heterocycles. The fraction of sp³-hybridized carbons (Fsp3) is 0.0690. The van der Waals surface area contributed by atoms with Gasteiger partial charge in [-0.05, 0) is 35.0 Å². The van der Waals surface area contributed by atoms with Gasteiger partial charge in [0.2, 0.25) is 0 Å². The third-order valence-corrected chi connectivity index (χ3v) is 4.76. The SMILES string of the molecule is C=C([CH-]C)N(C)c1ccccc1.C=[N-].[Pt].[c-]1ccccc1-c1cc(-c2ccccc2)ccn1. The van der Waals surface area contributed by atoms with E-state index in [0.717, 1.165) is 17.0 Å². The van der Waals surface area contributed by atoms with E-state index in [0.29, 0.717) is 0 Å². The fourth-order valence-corrected chi connectivity index (χ4v) is 2.95. The summed E-state index contributed by atoms with van der Waals surface area (Å²) in [7, 11) is 2.01. The predicted molar refractivity (Wildman–Crippen MR) is 138 cm³/mol. The van der Waals surface area contributed by atoms with Gasteiger partial charge < -0.3 is 15.3 Å². The van der Waals surface area contributed by atoms with Crippen LogP contribution in [-0.2, 0) is 21.1 Å². The molecule has 0 unspecified atom stereocenters. The van der Waals surface area contributed by atoms with Crippen molar-refractivity contribution < 1.29 is 21.1 Å². The predicted octanol–water partition coefficient (Wildman–Crippen LogP) is 7.33. The second-order valence-electron chi connectivity index (χ2n) is 6.75. The van der Waals surface area contributed by atoms with Crippen LogP contribution in [0.15, 0.2) is 116 Å². The monoisotopic (exact) mass is 613 g/mol. The van der Waals surface area contributed by atoms with E-state index in [2.05, 4.69) is 59.6 Å². The molecule has 4 rings (SSSR count). The van der Waals surface area contributed by atoms with Crippen LogP contribution in [0.25, 0.3) is 27.8 Å². The van der Waals surface area contributed by atoms with Crippen LogP contribution in [0.1, 0.15) is 6.92 Å². The molecule has 0 aliphatic heterocycles. The number of allylic oxidation sites excluding steroid dienone is 1. The van der Waals surface area contributed by atoms with Gasteiger partial charge in [0.15, 0.2) is 0 Å². The zero-order valence-corrected chi connectivity index (χ0v) is 21.2. The molecule has 0 aliphatic carbocycles. The first-order valence-electron chi connectivity index (χ1n) is 10.3. The first-order chi connectivity index (χ1) is 15.7. The quantitative estimate of drug-likeness (QED) is 0.175. The van der Waals surface area contributed by atoms with Crippen LogP contribution in [0.2, 0.25) is 0 Å². The molecule has 33 heavy (non-hydrogen) atoms. The van der Waals surface area contributed by atoms with Crippen molar-refractivity contribution in [3.8, 4) is 22.4 Å². The van der Waals surface area contributed by atoms with Crippen molar-refractivity contribution in [1.82, 2.24) is 4.98 Å². The molecule has 0 saturated carbocycles. The summed E-state index contributed by atoms with van der Waals surface area (Å²) in [5.74, 6) is 0. The van der Waals surface area contributed by atoms with Crippen LogP contribution in [0.5, 0.6) is 0 Å². The van der Waals surface area contributed by atoms with E-state index in [-0.39, 0.29) is 21.1 Å². The van der Waals surface area contributed by atoms with Crippen LogP contribution in [0.4, 0.5) is 5.69 Å². The number of nitrogens with zero attached hydrogens (tertiary/aromatic N) is 3. The van der Waals surface area contributed by atoms with Gasteiger partial charge in [-0.1, -0.05) is 54.6 Å². The number of rotatable bonds is 5. The molecule has 4 heteroatoms. The standard InChI is InChI=1S/C17H12N.C11H14N.CH2N.Pt/c1-3-7-14(8-4-1)16-11-12-18-17(13-16)15-9-5-2-6-10-15;1-4-10(2)12(3)11-8-6-5-7-9-11;1-2;/h1-9,11-13H;4-9H,2H2,1,3H3;1H2;/q3*-1;. The van der Waals surface area contributed by atoms with Crippen molar-refractivity contribution in [2.24, 2.45) is 0 Å². The van der Waals surface area contributed by atoms with Gasteiger partial charge in [0, 0.05) is 40.0 Å². The summed E-state index contributed by atoms with van der Waals surface area (Å²) in [4.78, 5) is 6.46. The van der Waals surface area contributed by atoms with E-state index >= 15 is 0 Å². The zero-order chi connectivity index (χ0) is 23.2.